The van der Waals surface area contributed by atoms with Gasteiger partial charge in [-0.05, 0) is 30.7 Å². The molecule has 19 heavy (non-hydrogen) atoms. The van der Waals surface area contributed by atoms with Crippen LogP contribution in [0.3, 0.4) is 0 Å². The number of aromatic nitrogens is 1. The molecule has 0 atom stereocenters. The van der Waals surface area contributed by atoms with E-state index >= 15 is 0 Å². The highest BCUT2D eigenvalue weighted by atomic mass is 16.5. The maximum absolute atomic E-state index is 5.34. The molecule has 0 radical (unpaired) electrons. The molecule has 1 aromatic carbocycles. The summed E-state index contributed by atoms with van der Waals surface area (Å²) in [5.74, 6) is 0.867. The summed E-state index contributed by atoms with van der Waals surface area (Å²) in [7, 11) is 3.63. The molecule has 102 valence electrons. The number of rotatable bonds is 2. The fraction of sp³-hybridized carbons (Fsp3) is 0.438. The first-order valence-electron chi connectivity index (χ1n) is 6.54. The molecule has 2 rings (SSSR count). The van der Waals surface area contributed by atoms with Gasteiger partial charge in [0.15, 0.2) is 0 Å². The first-order chi connectivity index (χ1) is 8.86. The van der Waals surface area contributed by atoms with E-state index in [9.17, 15) is 0 Å². The SMILES string of the molecule is CNc1cc(C(C)(C)C)nc2c(C)cc(OC)cc12. The van der Waals surface area contributed by atoms with Crippen molar-refractivity contribution < 1.29 is 4.74 Å². The van der Waals surface area contributed by atoms with Gasteiger partial charge in [-0.25, -0.2) is 0 Å². The average Bonchev–Trinajstić information content (AvgIpc) is 2.36. The van der Waals surface area contributed by atoms with Crippen molar-refractivity contribution in [3.63, 3.8) is 0 Å². The summed E-state index contributed by atoms with van der Waals surface area (Å²) in [5.41, 5.74) is 4.40. The zero-order valence-corrected chi connectivity index (χ0v) is 12.6. The van der Waals surface area contributed by atoms with Crippen LogP contribution in [0.4, 0.5) is 5.69 Å². The summed E-state index contributed by atoms with van der Waals surface area (Å²) in [4.78, 5) is 4.83. The van der Waals surface area contributed by atoms with E-state index in [4.69, 9.17) is 9.72 Å². The highest BCUT2D eigenvalue weighted by Gasteiger charge is 2.18. The van der Waals surface area contributed by atoms with E-state index in [0.717, 1.165) is 33.6 Å². The van der Waals surface area contributed by atoms with Gasteiger partial charge in [-0.3, -0.25) is 4.98 Å². The van der Waals surface area contributed by atoms with Gasteiger partial charge >= 0.3 is 0 Å². The largest absolute Gasteiger partial charge is 0.497 e. The summed E-state index contributed by atoms with van der Waals surface area (Å²) in [6.45, 7) is 8.61. The van der Waals surface area contributed by atoms with Crippen LogP contribution in [-0.4, -0.2) is 19.1 Å². The smallest absolute Gasteiger partial charge is 0.119 e. The van der Waals surface area contributed by atoms with E-state index in [-0.39, 0.29) is 5.41 Å². The van der Waals surface area contributed by atoms with Crippen molar-refractivity contribution in [2.75, 3.05) is 19.5 Å². The molecule has 1 heterocycles. The van der Waals surface area contributed by atoms with Crippen LogP contribution in [-0.2, 0) is 5.41 Å². The van der Waals surface area contributed by atoms with Crippen LogP contribution >= 0.6 is 0 Å². The number of methoxy groups -OCH3 is 1. The lowest BCUT2D eigenvalue weighted by Crippen LogP contribution is -2.14. The van der Waals surface area contributed by atoms with Gasteiger partial charge in [-0.15, -0.1) is 0 Å². The lowest BCUT2D eigenvalue weighted by atomic mass is 9.90. The van der Waals surface area contributed by atoms with E-state index in [1.165, 1.54) is 0 Å². The van der Waals surface area contributed by atoms with E-state index in [2.05, 4.69) is 39.1 Å². The topological polar surface area (TPSA) is 34.2 Å². The molecule has 3 heteroatoms. The number of pyridine rings is 1. The van der Waals surface area contributed by atoms with Crippen molar-refractivity contribution in [2.45, 2.75) is 33.1 Å². The van der Waals surface area contributed by atoms with Gasteiger partial charge in [0.2, 0.25) is 0 Å². The Bertz CT molecular complexity index is 612. The van der Waals surface area contributed by atoms with Gasteiger partial charge in [0.1, 0.15) is 5.75 Å². The predicted octanol–water partition coefficient (Wildman–Crippen LogP) is 3.89. The fourth-order valence-electron chi connectivity index (χ4n) is 2.18. The average molecular weight is 258 g/mol. The number of hydrogen-bond donors (Lipinski definition) is 1. The van der Waals surface area contributed by atoms with Gasteiger partial charge in [0, 0.05) is 29.2 Å². The second kappa shape index (κ2) is 4.72. The van der Waals surface area contributed by atoms with Crippen molar-refractivity contribution in [1.29, 1.82) is 0 Å². The third-order valence-corrected chi connectivity index (χ3v) is 3.35. The summed E-state index contributed by atoms with van der Waals surface area (Å²) in [5, 5.41) is 4.37. The number of anilines is 1. The normalized spacial score (nSPS) is 11.7. The number of fused-ring (bicyclic) bond motifs is 1. The molecule has 0 saturated heterocycles. The van der Waals surface area contributed by atoms with Crippen molar-refractivity contribution in [3.8, 4) is 5.75 Å². The van der Waals surface area contributed by atoms with Crippen LogP contribution < -0.4 is 10.1 Å². The minimum absolute atomic E-state index is 0.0339. The molecule has 1 aromatic heterocycles. The van der Waals surface area contributed by atoms with Crippen LogP contribution in [0.5, 0.6) is 5.75 Å². The standard InChI is InChI=1S/C16H22N2O/c1-10-7-11(19-6)8-12-13(17-5)9-14(16(2,3)4)18-15(10)12/h7-9H,1-6H3,(H,17,18). The molecule has 0 spiro atoms. The summed E-state index contributed by atoms with van der Waals surface area (Å²) in [6.07, 6.45) is 0. The third-order valence-electron chi connectivity index (χ3n) is 3.35. The molecule has 0 aliphatic rings. The number of hydrogen-bond acceptors (Lipinski definition) is 3. The number of benzene rings is 1. The third kappa shape index (κ3) is 2.50. The monoisotopic (exact) mass is 258 g/mol. The summed E-state index contributed by atoms with van der Waals surface area (Å²) in [6, 6.07) is 6.19. The fourth-order valence-corrected chi connectivity index (χ4v) is 2.18. The minimum Gasteiger partial charge on any atom is -0.497 e. The van der Waals surface area contributed by atoms with Gasteiger partial charge in [0.05, 0.1) is 12.6 Å². The predicted molar refractivity (Wildman–Crippen MR) is 81.3 cm³/mol. The Labute approximate surface area is 115 Å². The molecule has 1 N–H and O–H groups in total. The number of ether oxygens (including phenoxy) is 1. The van der Waals surface area contributed by atoms with Crippen LogP contribution in [0.25, 0.3) is 10.9 Å². The molecule has 0 unspecified atom stereocenters. The molecule has 0 amide bonds. The van der Waals surface area contributed by atoms with E-state index in [0.29, 0.717) is 0 Å². The molecule has 0 aliphatic carbocycles. The van der Waals surface area contributed by atoms with Crippen LogP contribution in [0, 0.1) is 6.92 Å². The summed E-state index contributed by atoms with van der Waals surface area (Å²) >= 11 is 0. The molecule has 0 bridgehead atoms. The Kier molecular flexibility index (Phi) is 3.40. The second-order valence-electron chi connectivity index (χ2n) is 5.90. The Hall–Kier alpha value is -1.77. The van der Waals surface area contributed by atoms with Gasteiger partial charge in [-0.2, -0.15) is 0 Å². The van der Waals surface area contributed by atoms with Crippen LogP contribution in [0.15, 0.2) is 18.2 Å². The number of nitrogens with one attached hydrogen (secondary N) is 1. The van der Waals surface area contributed by atoms with Crippen molar-refractivity contribution in [2.24, 2.45) is 0 Å². The summed E-state index contributed by atoms with van der Waals surface area (Å²) < 4.78 is 5.34. The first-order valence-corrected chi connectivity index (χ1v) is 6.54. The zero-order chi connectivity index (χ0) is 14.2. The van der Waals surface area contributed by atoms with Crippen molar-refractivity contribution in [1.82, 2.24) is 4.98 Å². The number of nitrogens with zero attached hydrogens (tertiary/aromatic N) is 1. The van der Waals surface area contributed by atoms with Crippen LogP contribution in [0.1, 0.15) is 32.0 Å². The maximum Gasteiger partial charge on any atom is 0.119 e. The van der Waals surface area contributed by atoms with E-state index in [1.54, 1.807) is 7.11 Å². The lowest BCUT2D eigenvalue weighted by Gasteiger charge is -2.21. The second-order valence-corrected chi connectivity index (χ2v) is 5.90. The zero-order valence-electron chi connectivity index (χ0n) is 12.6. The highest BCUT2D eigenvalue weighted by Crippen LogP contribution is 2.33. The van der Waals surface area contributed by atoms with Crippen LogP contribution in [0.2, 0.25) is 0 Å². The molecular formula is C16H22N2O. The Balaban J connectivity index is 2.81. The van der Waals surface area contributed by atoms with Crippen molar-refractivity contribution in [3.05, 3.63) is 29.5 Å². The van der Waals surface area contributed by atoms with Gasteiger partial charge < -0.3 is 10.1 Å². The van der Waals surface area contributed by atoms with E-state index < -0.39 is 0 Å². The molecule has 0 saturated carbocycles. The molecule has 3 nitrogen and oxygen atoms in total. The Morgan fingerprint density at radius 1 is 1.16 bits per heavy atom. The first kappa shape index (κ1) is 13.7. The molecular weight excluding hydrogens is 236 g/mol. The quantitative estimate of drug-likeness (QED) is 0.887. The van der Waals surface area contributed by atoms with Gasteiger partial charge in [-0.1, -0.05) is 20.8 Å². The highest BCUT2D eigenvalue weighted by molar-refractivity contribution is 5.94. The van der Waals surface area contributed by atoms with Gasteiger partial charge in [0.25, 0.3) is 0 Å². The maximum atomic E-state index is 5.34. The minimum atomic E-state index is 0.0339. The Morgan fingerprint density at radius 2 is 1.84 bits per heavy atom. The molecule has 2 aromatic rings. The molecule has 0 fully saturated rings. The Morgan fingerprint density at radius 3 is 2.37 bits per heavy atom. The molecule has 0 aliphatic heterocycles. The number of aryl methyl sites for hydroxylation is 1. The lowest BCUT2D eigenvalue weighted by molar-refractivity contribution is 0.415. The van der Waals surface area contributed by atoms with E-state index in [1.807, 2.05) is 19.2 Å². The van der Waals surface area contributed by atoms with Crippen molar-refractivity contribution >= 4 is 16.6 Å².